The van der Waals surface area contributed by atoms with E-state index >= 15 is 0 Å². The Morgan fingerprint density at radius 3 is 2.57 bits per heavy atom. The standard InChI is InChI=1S/C21H27ClN4O2S.HI/c1-23-21(24-11-12-29-19-9-7-17(22)8-10-19)25-14-16-5-4-6-18(13-16)28-15-20(27)26(2)3;/h4-10,13H,11-12,14-15H2,1-3H3,(H2,23,24,25);1H. The number of carbonyl (C=O) groups is 1. The van der Waals surface area contributed by atoms with Gasteiger partial charge in [-0.2, -0.15) is 0 Å². The van der Waals surface area contributed by atoms with Gasteiger partial charge in [0.05, 0.1) is 0 Å². The summed E-state index contributed by atoms with van der Waals surface area (Å²) in [7, 11) is 5.16. The van der Waals surface area contributed by atoms with E-state index < -0.39 is 0 Å². The quantitative estimate of drug-likeness (QED) is 0.160. The third-order valence-corrected chi connectivity index (χ3v) is 5.19. The molecule has 0 bridgehead atoms. The average molecular weight is 563 g/mol. The van der Waals surface area contributed by atoms with Crippen molar-refractivity contribution in [3.8, 4) is 5.75 Å². The number of hydrogen-bond acceptors (Lipinski definition) is 4. The number of hydrogen-bond donors (Lipinski definition) is 2. The summed E-state index contributed by atoms with van der Waals surface area (Å²) in [6.07, 6.45) is 0. The maximum absolute atomic E-state index is 11.6. The van der Waals surface area contributed by atoms with Crippen molar-refractivity contribution in [3.05, 3.63) is 59.1 Å². The van der Waals surface area contributed by atoms with Crippen LogP contribution in [0.15, 0.2) is 58.4 Å². The number of likely N-dealkylation sites (N-methyl/N-ethyl adjacent to an activating group) is 1. The third-order valence-electron chi connectivity index (χ3n) is 3.92. The molecule has 0 aliphatic carbocycles. The van der Waals surface area contributed by atoms with Crippen LogP contribution in [-0.2, 0) is 11.3 Å². The van der Waals surface area contributed by atoms with Gasteiger partial charge in [0.15, 0.2) is 12.6 Å². The van der Waals surface area contributed by atoms with E-state index in [9.17, 15) is 4.79 Å². The van der Waals surface area contributed by atoms with Crippen molar-refractivity contribution >= 4 is 59.2 Å². The Bertz CT molecular complexity index is 819. The van der Waals surface area contributed by atoms with Gasteiger partial charge in [0.25, 0.3) is 5.91 Å². The molecular formula is C21H28ClIN4O2S. The Balaban J connectivity index is 0.00000450. The van der Waals surface area contributed by atoms with Crippen LogP contribution in [0, 0.1) is 0 Å². The number of nitrogens with one attached hydrogen (secondary N) is 2. The third kappa shape index (κ3) is 9.90. The van der Waals surface area contributed by atoms with Crippen LogP contribution >= 0.6 is 47.3 Å². The fraction of sp³-hybridized carbons (Fsp3) is 0.333. The van der Waals surface area contributed by atoms with Crippen LogP contribution in [0.2, 0.25) is 5.02 Å². The van der Waals surface area contributed by atoms with Crippen LogP contribution in [0.25, 0.3) is 0 Å². The molecule has 0 aliphatic rings. The highest BCUT2D eigenvalue weighted by Crippen LogP contribution is 2.19. The van der Waals surface area contributed by atoms with Crippen molar-refractivity contribution in [1.82, 2.24) is 15.5 Å². The zero-order valence-electron chi connectivity index (χ0n) is 17.4. The highest BCUT2D eigenvalue weighted by molar-refractivity contribution is 14.0. The highest BCUT2D eigenvalue weighted by atomic mass is 127. The van der Waals surface area contributed by atoms with Gasteiger partial charge >= 0.3 is 0 Å². The molecule has 0 radical (unpaired) electrons. The summed E-state index contributed by atoms with van der Waals surface area (Å²) in [5.74, 6) is 2.23. The second-order valence-corrected chi connectivity index (χ2v) is 7.98. The highest BCUT2D eigenvalue weighted by Gasteiger charge is 2.06. The van der Waals surface area contributed by atoms with Gasteiger partial charge in [-0.05, 0) is 42.0 Å². The minimum Gasteiger partial charge on any atom is -0.484 e. The van der Waals surface area contributed by atoms with Gasteiger partial charge in [-0.3, -0.25) is 9.79 Å². The molecule has 0 heterocycles. The van der Waals surface area contributed by atoms with Crippen molar-refractivity contribution in [3.63, 3.8) is 0 Å². The van der Waals surface area contributed by atoms with Gasteiger partial charge in [-0.1, -0.05) is 23.7 Å². The van der Waals surface area contributed by atoms with Gasteiger partial charge in [0.1, 0.15) is 5.75 Å². The lowest BCUT2D eigenvalue weighted by atomic mass is 10.2. The van der Waals surface area contributed by atoms with Crippen molar-refractivity contribution in [2.45, 2.75) is 11.4 Å². The number of rotatable bonds is 9. The maximum Gasteiger partial charge on any atom is 0.259 e. The van der Waals surface area contributed by atoms with Gasteiger partial charge in [0, 0.05) is 49.9 Å². The summed E-state index contributed by atoms with van der Waals surface area (Å²) in [6.45, 7) is 1.41. The van der Waals surface area contributed by atoms with E-state index in [1.807, 2.05) is 48.5 Å². The van der Waals surface area contributed by atoms with E-state index in [2.05, 4.69) is 15.6 Å². The van der Waals surface area contributed by atoms with Crippen molar-refractivity contribution in [1.29, 1.82) is 0 Å². The van der Waals surface area contributed by atoms with E-state index in [1.54, 1.807) is 32.9 Å². The molecule has 0 saturated heterocycles. The SMILES string of the molecule is CN=C(NCCSc1ccc(Cl)cc1)NCc1cccc(OCC(=O)N(C)C)c1.I. The largest absolute Gasteiger partial charge is 0.484 e. The fourth-order valence-corrected chi connectivity index (χ4v) is 3.19. The molecule has 0 saturated carbocycles. The number of carbonyl (C=O) groups excluding carboxylic acids is 1. The van der Waals surface area contributed by atoms with Gasteiger partial charge < -0.3 is 20.3 Å². The van der Waals surface area contributed by atoms with Crippen LogP contribution in [0.3, 0.4) is 0 Å². The normalized spacial score (nSPS) is 10.7. The van der Waals surface area contributed by atoms with E-state index in [1.165, 1.54) is 9.80 Å². The molecule has 30 heavy (non-hydrogen) atoms. The Kier molecular flexibility index (Phi) is 12.6. The van der Waals surface area contributed by atoms with Crippen molar-refractivity contribution < 1.29 is 9.53 Å². The number of thioether (sulfide) groups is 1. The van der Waals surface area contributed by atoms with Crippen LogP contribution in [0.1, 0.15) is 5.56 Å². The summed E-state index contributed by atoms with van der Waals surface area (Å²) in [5.41, 5.74) is 1.04. The van der Waals surface area contributed by atoms with Crippen LogP contribution in [-0.4, -0.2) is 56.8 Å². The minimum atomic E-state index is -0.0744. The molecule has 2 aromatic rings. The fourth-order valence-electron chi connectivity index (χ4n) is 2.29. The van der Waals surface area contributed by atoms with Gasteiger partial charge in [-0.15, -0.1) is 35.7 Å². The smallest absolute Gasteiger partial charge is 0.259 e. The minimum absolute atomic E-state index is 0. The molecule has 0 atom stereocenters. The molecule has 0 aliphatic heterocycles. The molecule has 2 rings (SSSR count). The number of benzene rings is 2. The number of nitrogens with zero attached hydrogens (tertiary/aromatic N) is 2. The Labute approximate surface area is 204 Å². The molecule has 164 valence electrons. The molecule has 6 nitrogen and oxygen atoms in total. The lowest BCUT2D eigenvalue weighted by Gasteiger charge is -2.13. The Hall–Kier alpha value is -1.65. The van der Waals surface area contributed by atoms with Gasteiger partial charge in [0.2, 0.25) is 0 Å². The van der Waals surface area contributed by atoms with E-state index in [0.717, 1.165) is 28.8 Å². The zero-order valence-corrected chi connectivity index (χ0v) is 21.3. The number of halogens is 2. The molecule has 1 amide bonds. The van der Waals surface area contributed by atoms with Crippen LogP contribution in [0.5, 0.6) is 5.75 Å². The monoisotopic (exact) mass is 562 g/mol. The maximum atomic E-state index is 11.6. The number of aliphatic imine (C=N–C) groups is 1. The first-order chi connectivity index (χ1) is 14.0. The molecule has 0 spiro atoms. The molecule has 9 heteroatoms. The summed E-state index contributed by atoms with van der Waals surface area (Å²) < 4.78 is 5.56. The molecule has 0 fully saturated rings. The second-order valence-electron chi connectivity index (χ2n) is 6.38. The first kappa shape index (κ1) is 26.4. The molecule has 0 unspecified atom stereocenters. The lowest BCUT2D eigenvalue weighted by molar-refractivity contribution is -0.130. The first-order valence-electron chi connectivity index (χ1n) is 9.22. The van der Waals surface area contributed by atoms with Gasteiger partial charge in [-0.25, -0.2) is 0 Å². The molecular weight excluding hydrogens is 535 g/mol. The summed E-state index contributed by atoms with van der Waals surface area (Å²) in [6, 6.07) is 15.5. The van der Waals surface area contributed by atoms with E-state index in [-0.39, 0.29) is 36.5 Å². The zero-order chi connectivity index (χ0) is 21.1. The number of guanidine groups is 1. The number of amides is 1. The molecule has 2 aromatic carbocycles. The first-order valence-corrected chi connectivity index (χ1v) is 10.6. The van der Waals surface area contributed by atoms with Crippen LogP contribution < -0.4 is 15.4 Å². The summed E-state index contributed by atoms with van der Waals surface area (Å²) in [5, 5.41) is 7.33. The van der Waals surface area contributed by atoms with Crippen LogP contribution in [0.4, 0.5) is 0 Å². The van der Waals surface area contributed by atoms with E-state index in [0.29, 0.717) is 12.3 Å². The second kappa shape index (κ2) is 14.4. The Morgan fingerprint density at radius 2 is 1.90 bits per heavy atom. The topological polar surface area (TPSA) is 66.0 Å². The predicted molar refractivity (Wildman–Crippen MR) is 136 cm³/mol. The summed E-state index contributed by atoms with van der Waals surface area (Å²) in [4.78, 5) is 18.6. The van der Waals surface area contributed by atoms with E-state index in [4.69, 9.17) is 16.3 Å². The molecule has 0 aromatic heterocycles. The number of ether oxygens (including phenoxy) is 1. The predicted octanol–water partition coefficient (Wildman–Crippen LogP) is 3.88. The van der Waals surface area contributed by atoms with Crippen molar-refractivity contribution in [2.75, 3.05) is 40.0 Å². The lowest BCUT2D eigenvalue weighted by Crippen LogP contribution is -2.37. The molecule has 2 N–H and O–H groups in total. The average Bonchev–Trinajstić information content (AvgIpc) is 2.73. The van der Waals surface area contributed by atoms with Crippen molar-refractivity contribution in [2.24, 2.45) is 4.99 Å². The summed E-state index contributed by atoms with van der Waals surface area (Å²) >= 11 is 7.66. The Morgan fingerprint density at radius 1 is 1.17 bits per heavy atom.